The summed E-state index contributed by atoms with van der Waals surface area (Å²) in [6.07, 6.45) is 8.21. The fraction of sp³-hybridized carbons (Fsp3) is 0.467. The van der Waals surface area contributed by atoms with E-state index >= 15 is 0 Å². The van der Waals surface area contributed by atoms with Crippen molar-refractivity contribution in [3.63, 3.8) is 0 Å². The van der Waals surface area contributed by atoms with Crippen molar-refractivity contribution < 1.29 is 0 Å². The largest absolute Gasteiger partial charge is 0.373 e. The van der Waals surface area contributed by atoms with Crippen LogP contribution in [-0.4, -0.2) is 33.0 Å². The van der Waals surface area contributed by atoms with E-state index in [1.807, 2.05) is 25.6 Å². The van der Waals surface area contributed by atoms with E-state index in [9.17, 15) is 0 Å². The summed E-state index contributed by atoms with van der Waals surface area (Å²) in [6.45, 7) is 2.04. The lowest BCUT2D eigenvalue weighted by Crippen LogP contribution is -2.24. The zero-order valence-corrected chi connectivity index (χ0v) is 12.1. The number of pyridine rings is 1. The van der Waals surface area contributed by atoms with Crippen molar-refractivity contribution in [3.8, 4) is 0 Å². The van der Waals surface area contributed by atoms with Crippen molar-refractivity contribution in [3.05, 3.63) is 42.1 Å². The van der Waals surface area contributed by atoms with E-state index in [0.717, 1.165) is 24.7 Å². The number of imidazole rings is 1. The van der Waals surface area contributed by atoms with Gasteiger partial charge in [0.15, 0.2) is 0 Å². The van der Waals surface area contributed by atoms with Crippen molar-refractivity contribution >= 4 is 5.82 Å². The quantitative estimate of drug-likeness (QED) is 0.926. The molecule has 1 aliphatic heterocycles. The van der Waals surface area contributed by atoms with Crippen LogP contribution in [-0.2, 0) is 13.6 Å². The van der Waals surface area contributed by atoms with Crippen LogP contribution in [0.3, 0.4) is 0 Å². The first-order valence-corrected chi connectivity index (χ1v) is 7.12. The molecule has 106 valence electrons. The van der Waals surface area contributed by atoms with Gasteiger partial charge in [-0.2, -0.15) is 0 Å². The summed E-state index contributed by atoms with van der Waals surface area (Å²) < 4.78 is 2.10. The average molecular weight is 271 g/mol. The van der Waals surface area contributed by atoms with Gasteiger partial charge in [0, 0.05) is 38.7 Å². The molecule has 3 rings (SSSR count). The number of hydrogen-bond acceptors (Lipinski definition) is 4. The number of aryl methyl sites for hydroxylation is 1. The van der Waals surface area contributed by atoms with Gasteiger partial charge in [-0.3, -0.25) is 4.90 Å². The van der Waals surface area contributed by atoms with Crippen molar-refractivity contribution in [2.45, 2.75) is 25.4 Å². The Balaban J connectivity index is 1.79. The second-order valence-electron chi connectivity index (χ2n) is 5.31. The van der Waals surface area contributed by atoms with Crippen LogP contribution in [0.1, 0.15) is 30.3 Å². The Hall–Kier alpha value is -1.88. The first kappa shape index (κ1) is 13.1. The zero-order chi connectivity index (χ0) is 13.9. The average Bonchev–Trinajstić information content (AvgIpc) is 3.09. The maximum atomic E-state index is 4.44. The van der Waals surface area contributed by atoms with Crippen LogP contribution in [0.15, 0.2) is 30.7 Å². The lowest BCUT2D eigenvalue weighted by molar-refractivity contribution is 0.240. The Morgan fingerprint density at radius 3 is 3.00 bits per heavy atom. The Labute approximate surface area is 119 Å². The highest BCUT2D eigenvalue weighted by Gasteiger charge is 2.27. The molecule has 0 bridgehead atoms. The van der Waals surface area contributed by atoms with E-state index in [2.05, 4.69) is 43.9 Å². The van der Waals surface area contributed by atoms with Crippen molar-refractivity contribution in [2.75, 3.05) is 18.9 Å². The Bertz CT molecular complexity index is 577. The summed E-state index contributed by atoms with van der Waals surface area (Å²) in [5, 5.41) is 3.11. The van der Waals surface area contributed by atoms with Gasteiger partial charge in [-0.15, -0.1) is 0 Å². The molecule has 5 heteroatoms. The smallest absolute Gasteiger partial charge is 0.125 e. The third kappa shape index (κ3) is 2.54. The molecule has 1 aliphatic rings. The summed E-state index contributed by atoms with van der Waals surface area (Å²) in [4.78, 5) is 11.2. The molecule has 2 aromatic heterocycles. The number of anilines is 1. The fourth-order valence-corrected chi connectivity index (χ4v) is 2.91. The highest BCUT2D eigenvalue weighted by molar-refractivity contribution is 5.38. The van der Waals surface area contributed by atoms with Crippen LogP contribution >= 0.6 is 0 Å². The molecule has 0 aliphatic carbocycles. The molecule has 0 spiro atoms. The van der Waals surface area contributed by atoms with Gasteiger partial charge >= 0.3 is 0 Å². The second-order valence-corrected chi connectivity index (χ2v) is 5.31. The Kier molecular flexibility index (Phi) is 3.69. The lowest BCUT2D eigenvalue weighted by atomic mass is 10.1. The van der Waals surface area contributed by atoms with Crippen molar-refractivity contribution in [1.29, 1.82) is 0 Å². The maximum Gasteiger partial charge on any atom is 0.125 e. The molecule has 0 saturated carbocycles. The van der Waals surface area contributed by atoms with Gasteiger partial charge in [-0.1, -0.05) is 0 Å². The van der Waals surface area contributed by atoms with E-state index in [-0.39, 0.29) is 0 Å². The first-order chi connectivity index (χ1) is 9.78. The van der Waals surface area contributed by atoms with Gasteiger partial charge in [-0.05, 0) is 37.1 Å². The summed E-state index contributed by atoms with van der Waals surface area (Å²) >= 11 is 0. The van der Waals surface area contributed by atoms with Gasteiger partial charge in [0.1, 0.15) is 11.6 Å². The summed E-state index contributed by atoms with van der Waals surface area (Å²) in [5.41, 5.74) is 1.34. The van der Waals surface area contributed by atoms with E-state index < -0.39 is 0 Å². The number of aromatic nitrogens is 3. The van der Waals surface area contributed by atoms with Crippen LogP contribution in [0.5, 0.6) is 0 Å². The third-order valence-corrected chi connectivity index (χ3v) is 4.05. The van der Waals surface area contributed by atoms with E-state index in [4.69, 9.17) is 0 Å². The number of likely N-dealkylation sites (tertiary alicyclic amines) is 1. The predicted molar refractivity (Wildman–Crippen MR) is 79.4 cm³/mol. The number of nitrogens with zero attached hydrogens (tertiary/aromatic N) is 4. The minimum absolute atomic E-state index is 0.474. The monoisotopic (exact) mass is 271 g/mol. The molecule has 2 aromatic rings. The summed E-state index contributed by atoms with van der Waals surface area (Å²) in [6, 6.07) is 4.76. The topological polar surface area (TPSA) is 46.0 Å². The van der Waals surface area contributed by atoms with Gasteiger partial charge in [0.05, 0.1) is 6.54 Å². The number of hydrogen-bond donors (Lipinski definition) is 1. The van der Waals surface area contributed by atoms with Crippen molar-refractivity contribution in [1.82, 2.24) is 19.4 Å². The molecule has 1 fully saturated rings. The molecular formula is C15H21N5. The highest BCUT2D eigenvalue weighted by atomic mass is 15.2. The SMILES string of the molecule is CNc1cc([C@H]2CCCN2Cc2nccn2C)ccn1. The first-order valence-electron chi connectivity index (χ1n) is 7.12. The molecule has 0 amide bonds. The fourth-order valence-electron chi connectivity index (χ4n) is 2.91. The predicted octanol–water partition coefficient (Wildman–Crippen LogP) is 2.19. The van der Waals surface area contributed by atoms with Crippen LogP contribution in [0.2, 0.25) is 0 Å². The maximum absolute atomic E-state index is 4.44. The Morgan fingerprint density at radius 1 is 1.35 bits per heavy atom. The summed E-state index contributed by atoms with van der Waals surface area (Å²) in [7, 11) is 3.96. The van der Waals surface area contributed by atoms with Crippen LogP contribution < -0.4 is 5.32 Å². The molecule has 1 atom stereocenters. The van der Waals surface area contributed by atoms with Crippen LogP contribution in [0.25, 0.3) is 0 Å². The molecule has 0 aromatic carbocycles. The lowest BCUT2D eigenvalue weighted by Gasteiger charge is -2.24. The van der Waals surface area contributed by atoms with Crippen LogP contribution in [0, 0.1) is 0 Å². The molecule has 1 saturated heterocycles. The van der Waals surface area contributed by atoms with Gasteiger partial charge in [0.25, 0.3) is 0 Å². The van der Waals surface area contributed by atoms with Crippen molar-refractivity contribution in [2.24, 2.45) is 7.05 Å². The Morgan fingerprint density at radius 2 is 2.25 bits per heavy atom. The molecule has 1 N–H and O–H groups in total. The summed E-state index contributed by atoms with van der Waals surface area (Å²) in [5.74, 6) is 2.06. The number of rotatable bonds is 4. The minimum Gasteiger partial charge on any atom is -0.373 e. The molecular weight excluding hydrogens is 250 g/mol. The molecule has 0 unspecified atom stereocenters. The van der Waals surface area contributed by atoms with Gasteiger partial charge in [-0.25, -0.2) is 9.97 Å². The van der Waals surface area contributed by atoms with E-state index in [1.54, 1.807) is 0 Å². The number of nitrogens with one attached hydrogen (secondary N) is 1. The molecule has 0 radical (unpaired) electrons. The second kappa shape index (κ2) is 5.63. The molecule has 20 heavy (non-hydrogen) atoms. The minimum atomic E-state index is 0.474. The molecule has 3 heterocycles. The standard InChI is InChI=1S/C15H21N5/c1-16-14-10-12(5-6-17-14)13-4-3-8-20(13)11-15-18-7-9-19(15)2/h5-7,9-10,13H,3-4,8,11H2,1-2H3,(H,16,17)/t13-/m1/s1. The van der Waals surface area contributed by atoms with Gasteiger partial charge in [0.2, 0.25) is 0 Å². The molecule has 5 nitrogen and oxygen atoms in total. The van der Waals surface area contributed by atoms with Gasteiger partial charge < -0.3 is 9.88 Å². The van der Waals surface area contributed by atoms with E-state index in [1.165, 1.54) is 18.4 Å². The zero-order valence-electron chi connectivity index (χ0n) is 12.1. The highest BCUT2D eigenvalue weighted by Crippen LogP contribution is 2.33. The normalized spacial score (nSPS) is 19.4. The van der Waals surface area contributed by atoms with Crippen LogP contribution in [0.4, 0.5) is 5.82 Å². The van der Waals surface area contributed by atoms with E-state index in [0.29, 0.717) is 6.04 Å². The third-order valence-electron chi connectivity index (χ3n) is 4.05.